The molecule has 0 radical (unpaired) electrons. The molecule has 2 atom stereocenters. The molecule has 0 aromatic carbocycles. The van der Waals surface area contributed by atoms with Crippen molar-refractivity contribution in [2.75, 3.05) is 0 Å². The summed E-state index contributed by atoms with van der Waals surface area (Å²) in [6.45, 7) is 25.5. The molecule has 0 spiro atoms. The molecule has 0 aliphatic heterocycles. The highest BCUT2D eigenvalue weighted by molar-refractivity contribution is 6.85. The van der Waals surface area contributed by atoms with Crippen molar-refractivity contribution in [3.63, 3.8) is 0 Å². The molecule has 0 bridgehead atoms. The fourth-order valence-corrected chi connectivity index (χ4v) is 6.73. The first-order chi connectivity index (χ1) is 12.0. The second-order valence-electron chi connectivity index (χ2n) is 11.8. The van der Waals surface area contributed by atoms with Crippen molar-refractivity contribution in [2.45, 2.75) is 109 Å². The van der Waals surface area contributed by atoms with Crippen LogP contribution in [-0.4, -0.2) is 35.4 Å². The third-order valence-electron chi connectivity index (χ3n) is 5.83. The first kappa shape index (κ1) is 24.5. The number of rotatable bonds is 3. The van der Waals surface area contributed by atoms with Crippen molar-refractivity contribution >= 4 is 24.2 Å². The van der Waals surface area contributed by atoms with Crippen LogP contribution < -0.4 is 0 Å². The van der Waals surface area contributed by atoms with E-state index < -0.39 is 30.3 Å². The third-order valence-corrected chi connectivity index (χ3v) is 13.5. The first-order valence-electron chi connectivity index (χ1n) is 10.4. The molecule has 0 fully saturated rings. The number of aliphatic hydroxyl groups is 1. The summed E-state index contributed by atoms with van der Waals surface area (Å²) in [4.78, 5) is 0. The van der Waals surface area contributed by atoms with Gasteiger partial charge in [0.05, 0.1) is 14.2 Å². The summed E-state index contributed by atoms with van der Waals surface area (Å²) in [7, 11) is -4.73. The van der Waals surface area contributed by atoms with Crippen LogP contribution in [-0.2, 0) is 0 Å². The molecule has 1 nitrogen and oxygen atoms in total. The zero-order chi connectivity index (χ0) is 21.3. The van der Waals surface area contributed by atoms with Crippen LogP contribution in [0.1, 0.15) is 40.0 Å². The molecule has 1 aliphatic carbocycles. The van der Waals surface area contributed by atoms with Crippen LogP contribution in [0.3, 0.4) is 0 Å². The van der Waals surface area contributed by atoms with Gasteiger partial charge in [-0.05, 0) is 29.9 Å². The predicted molar refractivity (Wildman–Crippen MR) is 130 cm³/mol. The van der Waals surface area contributed by atoms with E-state index in [1.165, 1.54) is 11.1 Å². The second kappa shape index (κ2) is 8.46. The Bertz CT molecular complexity index is 689. The van der Waals surface area contributed by atoms with Crippen LogP contribution in [0.25, 0.3) is 0 Å². The van der Waals surface area contributed by atoms with E-state index in [-0.39, 0.29) is 10.6 Å². The van der Waals surface area contributed by atoms with Crippen molar-refractivity contribution < 1.29 is 5.11 Å². The molecule has 0 aromatic rings. The van der Waals surface area contributed by atoms with Gasteiger partial charge in [-0.2, -0.15) is 0 Å². The minimum absolute atomic E-state index is 0.0704. The number of allylic oxidation sites excluding steroid dienone is 1. The van der Waals surface area contributed by atoms with E-state index in [1.54, 1.807) is 0 Å². The summed E-state index contributed by atoms with van der Waals surface area (Å²) >= 11 is 0. The molecule has 152 valence electrons. The Morgan fingerprint density at radius 3 is 1.81 bits per heavy atom. The normalized spacial score (nSPS) is 18.4. The van der Waals surface area contributed by atoms with Crippen molar-refractivity contribution in [1.82, 2.24) is 0 Å². The van der Waals surface area contributed by atoms with Crippen molar-refractivity contribution in [2.24, 2.45) is 0 Å². The highest BCUT2D eigenvalue weighted by Crippen LogP contribution is 2.47. The molecule has 0 unspecified atom stereocenters. The maximum atomic E-state index is 11.5. The third kappa shape index (κ3) is 7.09. The smallest absolute Gasteiger partial charge is 0.129 e. The molecule has 0 saturated heterocycles. The van der Waals surface area contributed by atoms with Gasteiger partial charge >= 0.3 is 0 Å². The standard InChI is InChI=1S/C23H42OSi3/c1-23(2,3)27(10,11)21(16-18-26(7,8)9)22(24)20-14-12-13-19(20)15-17-25(4,5)6/h21-22,24H,12-14H2,1-11H3/t21-,22+/m1/s1. The maximum absolute atomic E-state index is 11.5. The van der Waals surface area contributed by atoms with E-state index in [0.717, 1.165) is 19.3 Å². The summed E-state index contributed by atoms with van der Waals surface area (Å²) in [6.07, 6.45) is 2.67. The highest BCUT2D eigenvalue weighted by atomic mass is 28.3. The molecule has 4 heteroatoms. The van der Waals surface area contributed by atoms with Crippen LogP contribution in [0.2, 0.25) is 63.0 Å². The largest absolute Gasteiger partial charge is 0.388 e. The number of hydrogen-bond donors (Lipinski definition) is 1. The lowest BCUT2D eigenvalue weighted by Crippen LogP contribution is -2.47. The van der Waals surface area contributed by atoms with E-state index in [9.17, 15) is 5.11 Å². The highest BCUT2D eigenvalue weighted by Gasteiger charge is 2.46. The van der Waals surface area contributed by atoms with Crippen molar-refractivity contribution in [1.29, 1.82) is 0 Å². The second-order valence-corrected chi connectivity index (χ2v) is 26.8. The quantitative estimate of drug-likeness (QED) is 0.411. The van der Waals surface area contributed by atoms with E-state index >= 15 is 0 Å². The average molecular weight is 419 g/mol. The first-order valence-corrected chi connectivity index (χ1v) is 20.5. The summed E-state index contributed by atoms with van der Waals surface area (Å²) in [5.74, 6) is 7.10. The Hall–Kier alpha value is -0.529. The molecule has 0 heterocycles. The lowest BCUT2D eigenvalue weighted by molar-refractivity contribution is 0.209. The van der Waals surface area contributed by atoms with E-state index in [0.29, 0.717) is 0 Å². The molecule has 0 amide bonds. The minimum atomic E-state index is -1.83. The Kier molecular flexibility index (Phi) is 7.68. The Morgan fingerprint density at radius 2 is 1.37 bits per heavy atom. The van der Waals surface area contributed by atoms with Gasteiger partial charge in [0.1, 0.15) is 16.1 Å². The van der Waals surface area contributed by atoms with Crippen LogP contribution in [0, 0.1) is 22.9 Å². The van der Waals surface area contributed by atoms with Crippen molar-refractivity contribution in [3.8, 4) is 22.9 Å². The van der Waals surface area contributed by atoms with Gasteiger partial charge in [0.25, 0.3) is 0 Å². The monoisotopic (exact) mass is 418 g/mol. The summed E-state index contributed by atoms with van der Waals surface area (Å²) in [5.41, 5.74) is 9.58. The molecule has 1 N–H and O–H groups in total. The Labute approximate surface area is 172 Å². The lowest BCUT2D eigenvalue weighted by atomic mass is 10.0. The number of hydrogen-bond acceptors (Lipinski definition) is 1. The van der Waals surface area contributed by atoms with Crippen LogP contribution >= 0.6 is 0 Å². The zero-order valence-electron chi connectivity index (χ0n) is 19.7. The summed E-state index contributed by atoms with van der Waals surface area (Å²) in [6, 6.07) is 0. The molecular weight excluding hydrogens is 377 g/mol. The fraction of sp³-hybridized carbons (Fsp3) is 0.739. The van der Waals surface area contributed by atoms with Crippen LogP contribution in [0.15, 0.2) is 11.1 Å². The van der Waals surface area contributed by atoms with Crippen LogP contribution in [0.5, 0.6) is 0 Å². The lowest BCUT2D eigenvalue weighted by Gasteiger charge is -2.43. The molecule has 1 rings (SSSR count). The van der Waals surface area contributed by atoms with Gasteiger partial charge in [0, 0.05) is 11.1 Å². The van der Waals surface area contributed by atoms with Crippen molar-refractivity contribution in [3.05, 3.63) is 11.1 Å². The van der Waals surface area contributed by atoms with Gasteiger partial charge < -0.3 is 5.11 Å². The van der Waals surface area contributed by atoms with Gasteiger partial charge in [0.2, 0.25) is 0 Å². The number of aliphatic hydroxyl groups excluding tert-OH is 1. The molecule has 0 saturated carbocycles. The zero-order valence-corrected chi connectivity index (χ0v) is 22.7. The van der Waals surface area contributed by atoms with Gasteiger partial charge in [-0.3, -0.25) is 0 Å². The SMILES string of the molecule is CC(C)(C)[Si](C)(C)[C@H](C#C[Si](C)(C)C)[C@@H](O)C1=C(C#C[Si](C)(C)C)CCC1. The van der Waals surface area contributed by atoms with E-state index in [1.807, 2.05) is 0 Å². The van der Waals surface area contributed by atoms with Crippen LogP contribution in [0.4, 0.5) is 0 Å². The topological polar surface area (TPSA) is 20.2 Å². The molecule has 1 aliphatic rings. The Morgan fingerprint density at radius 1 is 0.852 bits per heavy atom. The van der Waals surface area contributed by atoms with Gasteiger partial charge in [-0.25, -0.2) is 0 Å². The predicted octanol–water partition coefficient (Wildman–Crippen LogP) is 6.47. The minimum Gasteiger partial charge on any atom is -0.388 e. The summed E-state index contributed by atoms with van der Waals surface area (Å²) < 4.78 is 0. The molecule has 27 heavy (non-hydrogen) atoms. The Balaban J connectivity index is 3.44. The average Bonchev–Trinajstić information content (AvgIpc) is 2.90. The molecule has 0 aromatic heterocycles. The van der Waals surface area contributed by atoms with Gasteiger partial charge in [-0.1, -0.05) is 79.1 Å². The van der Waals surface area contributed by atoms with Gasteiger partial charge in [0.15, 0.2) is 0 Å². The van der Waals surface area contributed by atoms with E-state index in [4.69, 9.17) is 0 Å². The van der Waals surface area contributed by atoms with Gasteiger partial charge in [-0.15, -0.1) is 17.0 Å². The fourth-order valence-electron chi connectivity index (χ4n) is 3.12. The van der Waals surface area contributed by atoms with E-state index in [2.05, 4.69) is 96.1 Å². The summed E-state index contributed by atoms with van der Waals surface area (Å²) in [5, 5.41) is 11.7. The maximum Gasteiger partial charge on any atom is 0.129 e. The molecular formula is C23H42OSi3.